The molecule has 0 aliphatic carbocycles. The summed E-state index contributed by atoms with van der Waals surface area (Å²) in [7, 11) is 0. The van der Waals surface area contributed by atoms with E-state index in [1.54, 1.807) is 42.7 Å². The second-order valence-corrected chi connectivity index (χ2v) is 4.83. The van der Waals surface area contributed by atoms with Crippen LogP contribution in [-0.4, -0.2) is 25.1 Å². The van der Waals surface area contributed by atoms with Crippen LogP contribution in [0.4, 0.5) is 5.69 Å². The first-order valence-electron chi connectivity index (χ1n) is 6.73. The lowest BCUT2D eigenvalue weighted by Gasteiger charge is -1.91. The van der Waals surface area contributed by atoms with Crippen molar-refractivity contribution in [2.45, 2.75) is 0 Å². The summed E-state index contributed by atoms with van der Waals surface area (Å²) < 4.78 is 5.62. The van der Waals surface area contributed by atoms with E-state index in [0.29, 0.717) is 28.1 Å². The molecule has 0 bridgehead atoms. The van der Waals surface area contributed by atoms with Crippen LogP contribution in [0.5, 0.6) is 0 Å². The lowest BCUT2D eigenvalue weighted by Crippen LogP contribution is -1.87. The summed E-state index contributed by atoms with van der Waals surface area (Å²) in [6.45, 7) is 0. The Morgan fingerprint density at radius 1 is 1.13 bits per heavy atom. The van der Waals surface area contributed by atoms with Gasteiger partial charge in [-0.15, -0.1) is 10.2 Å². The van der Waals surface area contributed by atoms with Crippen molar-refractivity contribution in [1.82, 2.24) is 20.2 Å². The third kappa shape index (κ3) is 2.22. The number of aromatic amines is 1. The van der Waals surface area contributed by atoms with Gasteiger partial charge < -0.3 is 9.40 Å². The molecule has 0 radical (unpaired) electrons. The first-order valence-corrected chi connectivity index (χ1v) is 6.73. The summed E-state index contributed by atoms with van der Waals surface area (Å²) in [4.78, 5) is 17.7. The molecule has 3 aromatic heterocycles. The highest BCUT2D eigenvalue weighted by Crippen LogP contribution is 2.30. The summed E-state index contributed by atoms with van der Waals surface area (Å²) >= 11 is 0. The number of rotatable bonds is 3. The molecule has 0 aliphatic heterocycles. The Morgan fingerprint density at radius 3 is 2.78 bits per heavy atom. The minimum absolute atomic E-state index is 0.0250. The maximum absolute atomic E-state index is 11.1. The normalized spacial score (nSPS) is 11.0. The molecule has 23 heavy (non-hydrogen) atoms. The molecule has 4 aromatic rings. The molecule has 8 nitrogen and oxygen atoms in total. The second-order valence-electron chi connectivity index (χ2n) is 4.83. The van der Waals surface area contributed by atoms with Crippen LogP contribution in [0, 0.1) is 10.1 Å². The number of hydrogen-bond donors (Lipinski definition) is 1. The van der Waals surface area contributed by atoms with E-state index in [1.165, 1.54) is 6.07 Å². The van der Waals surface area contributed by atoms with Gasteiger partial charge in [-0.1, -0.05) is 6.07 Å². The number of nitrogens with one attached hydrogen (secondary N) is 1. The van der Waals surface area contributed by atoms with Crippen LogP contribution in [-0.2, 0) is 0 Å². The molecule has 0 saturated carbocycles. The Balaban J connectivity index is 1.80. The number of nitrogens with zero attached hydrogens (tertiary/aromatic N) is 4. The first-order chi connectivity index (χ1) is 11.2. The van der Waals surface area contributed by atoms with Crippen molar-refractivity contribution in [3.05, 3.63) is 58.9 Å². The lowest BCUT2D eigenvalue weighted by atomic mass is 10.2. The molecule has 8 heteroatoms. The standard InChI is InChI=1S/C15H9N5O3/c21-20(22)13-5-1-4-11-10(13)7-12(17-11)15-19-18-14(23-15)9-3-2-6-16-8-9/h1-8,17H. The van der Waals surface area contributed by atoms with Crippen molar-refractivity contribution >= 4 is 16.6 Å². The topological polar surface area (TPSA) is 111 Å². The summed E-state index contributed by atoms with van der Waals surface area (Å²) in [6.07, 6.45) is 3.27. The van der Waals surface area contributed by atoms with E-state index in [1.807, 2.05) is 0 Å². The van der Waals surface area contributed by atoms with Crippen LogP contribution in [0.2, 0.25) is 0 Å². The maximum Gasteiger partial charge on any atom is 0.278 e. The Hall–Kier alpha value is -3.55. The summed E-state index contributed by atoms with van der Waals surface area (Å²) in [5.41, 5.74) is 1.89. The molecule has 0 spiro atoms. The van der Waals surface area contributed by atoms with E-state index >= 15 is 0 Å². The molecule has 1 aromatic carbocycles. The molecule has 0 unspecified atom stereocenters. The van der Waals surface area contributed by atoms with Gasteiger partial charge in [-0.2, -0.15) is 0 Å². The van der Waals surface area contributed by atoms with Crippen LogP contribution in [0.15, 0.2) is 53.2 Å². The van der Waals surface area contributed by atoms with Gasteiger partial charge in [-0.3, -0.25) is 15.1 Å². The minimum Gasteiger partial charge on any atom is -0.415 e. The van der Waals surface area contributed by atoms with Crippen molar-refractivity contribution in [1.29, 1.82) is 0 Å². The van der Waals surface area contributed by atoms with Gasteiger partial charge in [0.1, 0.15) is 5.69 Å². The number of nitro groups is 1. The fourth-order valence-electron chi connectivity index (χ4n) is 2.35. The number of hydrogen-bond acceptors (Lipinski definition) is 6. The van der Waals surface area contributed by atoms with Gasteiger partial charge in [0.05, 0.1) is 21.4 Å². The second kappa shape index (κ2) is 5.02. The van der Waals surface area contributed by atoms with Crippen molar-refractivity contribution in [2.75, 3.05) is 0 Å². The quantitative estimate of drug-likeness (QED) is 0.459. The number of aromatic nitrogens is 4. The van der Waals surface area contributed by atoms with E-state index in [-0.39, 0.29) is 11.6 Å². The Morgan fingerprint density at radius 2 is 2.00 bits per heavy atom. The summed E-state index contributed by atoms with van der Waals surface area (Å²) in [6, 6.07) is 10.0. The average Bonchev–Trinajstić information content (AvgIpc) is 3.21. The molecule has 1 N–H and O–H groups in total. The third-order valence-electron chi connectivity index (χ3n) is 3.40. The number of nitro benzene ring substituents is 1. The Kier molecular flexibility index (Phi) is 2.87. The largest absolute Gasteiger partial charge is 0.415 e. The smallest absolute Gasteiger partial charge is 0.278 e. The van der Waals surface area contributed by atoms with Crippen LogP contribution in [0.3, 0.4) is 0 Å². The molecule has 0 amide bonds. The lowest BCUT2D eigenvalue weighted by molar-refractivity contribution is -0.383. The number of benzene rings is 1. The number of fused-ring (bicyclic) bond motifs is 1. The highest BCUT2D eigenvalue weighted by atomic mass is 16.6. The number of H-pyrrole nitrogens is 1. The molecular formula is C15H9N5O3. The molecule has 0 saturated heterocycles. The fourth-order valence-corrected chi connectivity index (χ4v) is 2.35. The van der Waals surface area contributed by atoms with Gasteiger partial charge in [0.15, 0.2) is 0 Å². The molecule has 112 valence electrons. The van der Waals surface area contributed by atoms with Crippen molar-refractivity contribution < 1.29 is 9.34 Å². The van der Waals surface area contributed by atoms with Gasteiger partial charge in [0, 0.05) is 18.5 Å². The molecule has 3 heterocycles. The zero-order chi connectivity index (χ0) is 15.8. The molecular weight excluding hydrogens is 298 g/mol. The van der Waals surface area contributed by atoms with E-state index in [0.717, 1.165) is 0 Å². The minimum atomic E-state index is -0.422. The SMILES string of the molecule is O=[N+]([O-])c1cccc2[nH]c(-c3nnc(-c4cccnc4)o3)cc12. The highest BCUT2D eigenvalue weighted by Gasteiger charge is 2.17. The van der Waals surface area contributed by atoms with E-state index in [9.17, 15) is 10.1 Å². The molecule has 4 rings (SSSR count). The monoisotopic (exact) mass is 307 g/mol. The average molecular weight is 307 g/mol. The number of pyridine rings is 1. The van der Waals surface area contributed by atoms with E-state index < -0.39 is 4.92 Å². The van der Waals surface area contributed by atoms with Crippen molar-refractivity contribution in [2.24, 2.45) is 0 Å². The van der Waals surface area contributed by atoms with Crippen LogP contribution in [0.25, 0.3) is 33.9 Å². The Labute approximate surface area is 129 Å². The van der Waals surface area contributed by atoms with Crippen LogP contribution in [0.1, 0.15) is 0 Å². The maximum atomic E-state index is 11.1. The predicted octanol–water partition coefficient (Wildman–Crippen LogP) is 3.19. The van der Waals surface area contributed by atoms with Crippen LogP contribution < -0.4 is 0 Å². The molecule has 0 fully saturated rings. The van der Waals surface area contributed by atoms with Crippen molar-refractivity contribution in [3.8, 4) is 23.0 Å². The zero-order valence-corrected chi connectivity index (χ0v) is 11.6. The van der Waals surface area contributed by atoms with Gasteiger partial charge >= 0.3 is 0 Å². The van der Waals surface area contributed by atoms with E-state index in [4.69, 9.17) is 4.42 Å². The third-order valence-corrected chi connectivity index (χ3v) is 3.40. The Bertz CT molecular complexity index is 1010. The first kappa shape index (κ1) is 13.1. The van der Waals surface area contributed by atoms with Crippen LogP contribution >= 0.6 is 0 Å². The summed E-state index contributed by atoms with van der Waals surface area (Å²) in [5.74, 6) is 0.593. The molecule has 0 atom stereocenters. The number of non-ortho nitro benzene ring substituents is 1. The molecule has 0 aliphatic rings. The van der Waals surface area contributed by atoms with Gasteiger partial charge in [0.2, 0.25) is 5.89 Å². The van der Waals surface area contributed by atoms with Gasteiger partial charge in [-0.05, 0) is 24.3 Å². The van der Waals surface area contributed by atoms with Crippen molar-refractivity contribution in [3.63, 3.8) is 0 Å². The van der Waals surface area contributed by atoms with Gasteiger partial charge in [0.25, 0.3) is 11.6 Å². The summed E-state index contributed by atoms with van der Waals surface area (Å²) in [5, 5.41) is 19.5. The highest BCUT2D eigenvalue weighted by molar-refractivity contribution is 5.92. The zero-order valence-electron chi connectivity index (χ0n) is 11.6. The predicted molar refractivity (Wildman–Crippen MR) is 81.5 cm³/mol. The van der Waals surface area contributed by atoms with E-state index in [2.05, 4.69) is 20.2 Å². The van der Waals surface area contributed by atoms with Gasteiger partial charge in [-0.25, -0.2) is 0 Å². The fraction of sp³-hybridized carbons (Fsp3) is 0.